The van der Waals surface area contributed by atoms with E-state index in [0.717, 1.165) is 55.5 Å². The van der Waals surface area contributed by atoms with Crippen LogP contribution in [0.4, 0.5) is 5.82 Å². The maximum atomic E-state index is 12.5. The van der Waals surface area contributed by atoms with E-state index in [-0.39, 0.29) is 11.8 Å². The second kappa shape index (κ2) is 7.48. The Bertz CT molecular complexity index is 790. The maximum Gasteiger partial charge on any atom is 0.258 e. The summed E-state index contributed by atoms with van der Waals surface area (Å²) < 4.78 is 5.90. The van der Waals surface area contributed by atoms with Gasteiger partial charge in [-0.2, -0.15) is 0 Å². The standard InChI is InChI=1S/C20H26N4O2/c1-2-12-26-20-18(22-16-7-3-4-8-17(16)23-20)24-11-5-6-14(13-24)19(25)21-15-9-10-15/h3-4,7-8,14-15H,2,5-6,9-13H2,1H3,(H,21,25). The summed E-state index contributed by atoms with van der Waals surface area (Å²) in [5, 5.41) is 3.14. The minimum absolute atomic E-state index is 0.0108. The molecule has 0 radical (unpaired) electrons. The van der Waals surface area contributed by atoms with Crippen LogP contribution in [0.2, 0.25) is 0 Å². The van der Waals surface area contributed by atoms with Gasteiger partial charge in [0.15, 0.2) is 5.82 Å². The number of nitrogens with one attached hydrogen (secondary N) is 1. The normalized spacial score (nSPS) is 20.2. The van der Waals surface area contributed by atoms with Crippen molar-refractivity contribution >= 4 is 22.8 Å². The molecule has 6 nitrogen and oxygen atoms in total. The number of hydrogen-bond donors (Lipinski definition) is 1. The predicted molar refractivity (Wildman–Crippen MR) is 101 cm³/mol. The third-order valence-electron chi connectivity index (χ3n) is 4.98. The highest BCUT2D eigenvalue weighted by atomic mass is 16.5. The zero-order chi connectivity index (χ0) is 17.9. The van der Waals surface area contributed by atoms with Gasteiger partial charge in [-0.05, 0) is 44.2 Å². The van der Waals surface area contributed by atoms with E-state index in [1.807, 2.05) is 24.3 Å². The first-order chi connectivity index (χ1) is 12.7. The van der Waals surface area contributed by atoms with E-state index in [0.29, 0.717) is 25.1 Å². The van der Waals surface area contributed by atoms with Gasteiger partial charge >= 0.3 is 0 Å². The molecule has 2 aliphatic rings. The van der Waals surface area contributed by atoms with Gasteiger partial charge in [0.25, 0.3) is 5.88 Å². The van der Waals surface area contributed by atoms with Gasteiger partial charge in [-0.1, -0.05) is 19.1 Å². The van der Waals surface area contributed by atoms with Crippen LogP contribution in [0.3, 0.4) is 0 Å². The van der Waals surface area contributed by atoms with Crippen LogP contribution < -0.4 is 15.0 Å². The second-order valence-electron chi connectivity index (χ2n) is 7.26. The first kappa shape index (κ1) is 17.1. The molecule has 2 heterocycles. The first-order valence-corrected chi connectivity index (χ1v) is 9.69. The number of para-hydroxylation sites is 2. The van der Waals surface area contributed by atoms with Gasteiger partial charge in [-0.3, -0.25) is 4.79 Å². The number of amides is 1. The fourth-order valence-electron chi connectivity index (χ4n) is 3.41. The molecule has 1 atom stereocenters. The van der Waals surface area contributed by atoms with Crippen molar-refractivity contribution in [2.24, 2.45) is 5.92 Å². The summed E-state index contributed by atoms with van der Waals surface area (Å²) in [7, 11) is 0. The van der Waals surface area contributed by atoms with Crippen LogP contribution in [0.25, 0.3) is 11.0 Å². The van der Waals surface area contributed by atoms with Crippen molar-refractivity contribution in [3.63, 3.8) is 0 Å². The molecular weight excluding hydrogens is 328 g/mol. The molecule has 0 spiro atoms. The van der Waals surface area contributed by atoms with Crippen molar-refractivity contribution in [1.29, 1.82) is 0 Å². The molecule has 1 aromatic heterocycles. The predicted octanol–water partition coefficient (Wildman–Crippen LogP) is 2.91. The highest BCUT2D eigenvalue weighted by molar-refractivity contribution is 5.81. The summed E-state index contributed by atoms with van der Waals surface area (Å²) in [6, 6.07) is 8.25. The number of benzene rings is 1. The molecule has 1 aliphatic carbocycles. The lowest BCUT2D eigenvalue weighted by Crippen LogP contribution is -2.44. The lowest BCUT2D eigenvalue weighted by Gasteiger charge is -2.33. The Morgan fingerprint density at radius 1 is 1.23 bits per heavy atom. The van der Waals surface area contributed by atoms with Crippen LogP contribution in [0, 0.1) is 5.92 Å². The number of carbonyl (C=O) groups excluding carboxylic acids is 1. The van der Waals surface area contributed by atoms with Crippen LogP contribution in [-0.2, 0) is 4.79 Å². The summed E-state index contributed by atoms with van der Waals surface area (Å²) in [5.74, 6) is 1.54. The molecule has 138 valence electrons. The largest absolute Gasteiger partial charge is 0.475 e. The summed E-state index contributed by atoms with van der Waals surface area (Å²) in [4.78, 5) is 24.2. The molecule has 26 heavy (non-hydrogen) atoms. The molecule has 0 bridgehead atoms. The lowest BCUT2D eigenvalue weighted by molar-refractivity contribution is -0.125. The Hall–Kier alpha value is -2.37. The number of carbonyl (C=O) groups is 1. The van der Waals surface area contributed by atoms with Crippen molar-refractivity contribution in [2.45, 2.75) is 45.1 Å². The average Bonchev–Trinajstić information content (AvgIpc) is 3.49. The topological polar surface area (TPSA) is 67.4 Å². The van der Waals surface area contributed by atoms with E-state index >= 15 is 0 Å². The summed E-state index contributed by atoms with van der Waals surface area (Å²) in [5.41, 5.74) is 1.69. The molecule has 2 fully saturated rings. The first-order valence-electron chi connectivity index (χ1n) is 9.69. The second-order valence-corrected chi connectivity index (χ2v) is 7.26. The van der Waals surface area contributed by atoms with Crippen molar-refractivity contribution in [2.75, 3.05) is 24.6 Å². The summed E-state index contributed by atoms with van der Waals surface area (Å²) in [6.07, 6.45) is 5.06. The minimum atomic E-state index is 0.0108. The molecule has 1 aromatic carbocycles. The van der Waals surface area contributed by atoms with E-state index in [4.69, 9.17) is 9.72 Å². The third kappa shape index (κ3) is 3.74. The fraction of sp³-hybridized carbons (Fsp3) is 0.550. The van der Waals surface area contributed by atoms with Crippen LogP contribution >= 0.6 is 0 Å². The van der Waals surface area contributed by atoms with E-state index in [2.05, 4.69) is 22.1 Å². The van der Waals surface area contributed by atoms with Gasteiger partial charge in [-0.25, -0.2) is 9.97 Å². The zero-order valence-corrected chi connectivity index (χ0v) is 15.3. The van der Waals surface area contributed by atoms with E-state index in [9.17, 15) is 4.79 Å². The Kier molecular flexibility index (Phi) is 4.91. The molecule has 1 N–H and O–H groups in total. The van der Waals surface area contributed by atoms with Crippen molar-refractivity contribution in [3.8, 4) is 5.88 Å². The van der Waals surface area contributed by atoms with Crippen LogP contribution in [0.15, 0.2) is 24.3 Å². The summed E-state index contributed by atoms with van der Waals surface area (Å²) >= 11 is 0. The molecule has 1 amide bonds. The molecule has 1 saturated heterocycles. The maximum absolute atomic E-state index is 12.5. The van der Waals surface area contributed by atoms with Crippen molar-refractivity contribution in [3.05, 3.63) is 24.3 Å². The van der Waals surface area contributed by atoms with Crippen LogP contribution in [-0.4, -0.2) is 41.6 Å². The van der Waals surface area contributed by atoms with Crippen molar-refractivity contribution in [1.82, 2.24) is 15.3 Å². The highest BCUT2D eigenvalue weighted by Crippen LogP contribution is 2.31. The molecule has 2 aromatic rings. The average molecular weight is 354 g/mol. The van der Waals surface area contributed by atoms with Gasteiger partial charge in [-0.15, -0.1) is 0 Å². The quantitative estimate of drug-likeness (QED) is 0.864. The van der Waals surface area contributed by atoms with E-state index in [1.165, 1.54) is 0 Å². The van der Waals surface area contributed by atoms with E-state index in [1.54, 1.807) is 0 Å². The Balaban J connectivity index is 1.59. The molecule has 4 rings (SSSR count). The van der Waals surface area contributed by atoms with Gasteiger partial charge in [0.2, 0.25) is 5.91 Å². The Labute approximate surface area is 154 Å². The SMILES string of the molecule is CCCOc1nc2ccccc2nc1N1CCCC(C(=O)NC2CC2)C1. The molecular formula is C20H26N4O2. The van der Waals surface area contributed by atoms with Gasteiger partial charge in [0.05, 0.1) is 23.6 Å². The third-order valence-corrected chi connectivity index (χ3v) is 4.98. The lowest BCUT2D eigenvalue weighted by atomic mass is 9.97. The summed E-state index contributed by atoms with van der Waals surface area (Å²) in [6.45, 7) is 4.24. The number of anilines is 1. The Morgan fingerprint density at radius 3 is 2.73 bits per heavy atom. The number of ether oxygens (including phenoxy) is 1. The van der Waals surface area contributed by atoms with Gasteiger partial charge < -0.3 is 15.0 Å². The van der Waals surface area contributed by atoms with E-state index < -0.39 is 0 Å². The highest BCUT2D eigenvalue weighted by Gasteiger charge is 2.32. The molecule has 6 heteroatoms. The zero-order valence-electron chi connectivity index (χ0n) is 15.3. The Morgan fingerprint density at radius 2 is 2.00 bits per heavy atom. The van der Waals surface area contributed by atoms with Crippen LogP contribution in [0.1, 0.15) is 39.0 Å². The monoisotopic (exact) mass is 354 g/mol. The minimum Gasteiger partial charge on any atom is -0.475 e. The number of nitrogens with zero attached hydrogens (tertiary/aromatic N) is 3. The molecule has 1 aliphatic heterocycles. The number of rotatable bonds is 6. The molecule has 1 unspecified atom stereocenters. The van der Waals surface area contributed by atoms with Gasteiger partial charge in [0, 0.05) is 19.1 Å². The number of hydrogen-bond acceptors (Lipinski definition) is 5. The number of piperidine rings is 1. The number of aromatic nitrogens is 2. The molecule has 1 saturated carbocycles. The van der Waals surface area contributed by atoms with Crippen LogP contribution in [0.5, 0.6) is 5.88 Å². The smallest absolute Gasteiger partial charge is 0.258 e. The fourth-order valence-corrected chi connectivity index (χ4v) is 3.41. The number of fused-ring (bicyclic) bond motifs is 1. The van der Waals surface area contributed by atoms with Crippen molar-refractivity contribution < 1.29 is 9.53 Å². The van der Waals surface area contributed by atoms with Gasteiger partial charge in [0.1, 0.15) is 0 Å².